The lowest BCUT2D eigenvalue weighted by Gasteiger charge is -2.19. The summed E-state index contributed by atoms with van der Waals surface area (Å²) in [6.07, 6.45) is 1.29. The minimum Gasteiger partial charge on any atom is -0.493 e. The summed E-state index contributed by atoms with van der Waals surface area (Å²) in [5, 5.41) is 0. The average molecular weight is 417 g/mol. The number of aryl methyl sites for hydroxylation is 2. The zero-order valence-electron chi connectivity index (χ0n) is 17.7. The smallest absolute Gasteiger partial charge is 0.266 e. The number of carbonyl (C=O) groups excluding carboxylic acids is 2. The number of fused-ring (bicyclic) bond motifs is 1. The highest BCUT2D eigenvalue weighted by Gasteiger charge is 2.37. The third-order valence-electron chi connectivity index (χ3n) is 5.43. The topological polar surface area (TPSA) is 65.1 Å². The van der Waals surface area contributed by atoms with Gasteiger partial charge in [0.15, 0.2) is 11.5 Å². The molecular weight excluding hydrogens is 394 g/mol. The van der Waals surface area contributed by atoms with Crippen molar-refractivity contribution in [3.05, 3.63) is 82.9 Å². The molecule has 0 fully saturated rings. The predicted molar refractivity (Wildman–Crippen MR) is 118 cm³/mol. The number of para-hydroxylation sites is 1. The van der Waals surface area contributed by atoms with Crippen molar-refractivity contribution in [3.8, 4) is 17.2 Å². The van der Waals surface area contributed by atoms with Gasteiger partial charge in [0.1, 0.15) is 0 Å². The van der Waals surface area contributed by atoms with Crippen LogP contribution in [-0.2, 0) is 12.8 Å². The molecule has 158 valence electrons. The van der Waals surface area contributed by atoms with Crippen molar-refractivity contribution in [1.82, 2.24) is 0 Å². The fraction of sp³-hybridized carbons (Fsp3) is 0.200. The highest BCUT2D eigenvalue weighted by molar-refractivity contribution is 6.34. The number of carbonyl (C=O) groups is 2. The van der Waals surface area contributed by atoms with Crippen LogP contribution < -0.4 is 19.1 Å². The van der Waals surface area contributed by atoms with Gasteiger partial charge in [0.05, 0.1) is 38.1 Å². The molecule has 1 aliphatic rings. The number of imide groups is 1. The van der Waals surface area contributed by atoms with Crippen LogP contribution in [0.5, 0.6) is 17.2 Å². The summed E-state index contributed by atoms with van der Waals surface area (Å²) in [6, 6.07) is 18.2. The highest BCUT2D eigenvalue weighted by atomic mass is 16.5. The summed E-state index contributed by atoms with van der Waals surface area (Å²) in [4.78, 5) is 27.1. The van der Waals surface area contributed by atoms with Crippen LogP contribution in [0.2, 0.25) is 0 Å². The first-order valence-corrected chi connectivity index (χ1v) is 9.93. The van der Waals surface area contributed by atoms with Crippen LogP contribution in [-0.4, -0.2) is 33.1 Å². The predicted octanol–water partition coefficient (Wildman–Crippen LogP) is 4.30. The van der Waals surface area contributed by atoms with E-state index < -0.39 is 0 Å². The van der Waals surface area contributed by atoms with E-state index in [-0.39, 0.29) is 11.8 Å². The molecule has 1 aliphatic heterocycles. The Kier molecular flexibility index (Phi) is 5.62. The largest absolute Gasteiger partial charge is 0.493 e. The molecule has 0 bridgehead atoms. The number of hydrogen-bond donors (Lipinski definition) is 0. The first-order valence-electron chi connectivity index (χ1n) is 9.93. The fourth-order valence-corrected chi connectivity index (χ4v) is 3.91. The Balaban J connectivity index is 1.63. The van der Waals surface area contributed by atoms with E-state index in [1.807, 2.05) is 36.4 Å². The molecule has 0 saturated heterocycles. The maximum atomic E-state index is 12.9. The summed E-state index contributed by atoms with van der Waals surface area (Å²) < 4.78 is 16.3. The van der Waals surface area contributed by atoms with Gasteiger partial charge in [-0.15, -0.1) is 0 Å². The summed E-state index contributed by atoms with van der Waals surface area (Å²) in [6.45, 7) is 0. The van der Waals surface area contributed by atoms with Gasteiger partial charge in [0.25, 0.3) is 11.8 Å². The van der Waals surface area contributed by atoms with Gasteiger partial charge in [0.2, 0.25) is 5.75 Å². The molecule has 6 heteroatoms. The van der Waals surface area contributed by atoms with Gasteiger partial charge in [-0.05, 0) is 54.3 Å². The molecule has 0 atom stereocenters. The monoisotopic (exact) mass is 417 g/mol. The summed E-state index contributed by atoms with van der Waals surface area (Å²) >= 11 is 0. The Morgan fingerprint density at radius 3 is 1.81 bits per heavy atom. The van der Waals surface area contributed by atoms with Crippen molar-refractivity contribution in [2.75, 3.05) is 26.2 Å². The Bertz CT molecular complexity index is 1090. The summed E-state index contributed by atoms with van der Waals surface area (Å²) in [7, 11) is 4.73. The molecule has 0 radical (unpaired) electrons. The van der Waals surface area contributed by atoms with E-state index in [1.54, 1.807) is 45.6 Å². The Labute approximate surface area is 181 Å². The van der Waals surface area contributed by atoms with Gasteiger partial charge < -0.3 is 14.2 Å². The number of amides is 2. The number of methoxy groups -OCH3 is 3. The normalized spacial score (nSPS) is 12.7. The SMILES string of the molecule is COc1cc(CCc2ccccc2N2C(=O)c3ccccc3C2=O)cc(OC)c1OC. The van der Waals surface area contributed by atoms with Crippen LogP contribution in [0.4, 0.5) is 5.69 Å². The van der Waals surface area contributed by atoms with Crippen LogP contribution in [0.15, 0.2) is 60.7 Å². The molecule has 6 nitrogen and oxygen atoms in total. The first-order chi connectivity index (χ1) is 15.1. The molecule has 1 heterocycles. The Morgan fingerprint density at radius 1 is 0.710 bits per heavy atom. The second kappa shape index (κ2) is 8.52. The van der Waals surface area contributed by atoms with Gasteiger partial charge in [-0.1, -0.05) is 30.3 Å². The van der Waals surface area contributed by atoms with Gasteiger partial charge in [-0.2, -0.15) is 0 Å². The molecule has 31 heavy (non-hydrogen) atoms. The van der Waals surface area contributed by atoms with Crippen molar-refractivity contribution >= 4 is 17.5 Å². The standard InChI is InChI=1S/C25H23NO5/c1-29-21-14-16(15-22(30-2)23(21)31-3)12-13-17-8-4-7-11-20(17)26-24(27)18-9-5-6-10-19(18)25(26)28/h4-11,14-15H,12-13H2,1-3H3. The van der Waals surface area contributed by atoms with Crippen molar-refractivity contribution in [2.45, 2.75) is 12.8 Å². The molecule has 0 aliphatic carbocycles. The van der Waals surface area contributed by atoms with E-state index in [9.17, 15) is 9.59 Å². The Hall–Kier alpha value is -3.80. The quantitative estimate of drug-likeness (QED) is 0.537. The highest BCUT2D eigenvalue weighted by Crippen LogP contribution is 2.39. The molecule has 0 saturated carbocycles. The van der Waals surface area contributed by atoms with E-state index in [2.05, 4.69) is 0 Å². The van der Waals surface area contributed by atoms with Gasteiger partial charge in [-0.25, -0.2) is 4.90 Å². The number of anilines is 1. The summed E-state index contributed by atoms with van der Waals surface area (Å²) in [5.74, 6) is 1.14. The molecule has 0 aromatic heterocycles. The minimum atomic E-state index is -0.291. The second-order valence-electron chi connectivity index (χ2n) is 7.15. The van der Waals surface area contributed by atoms with Crippen LogP contribution in [0.25, 0.3) is 0 Å². The summed E-state index contributed by atoms with van der Waals surface area (Å²) in [5.41, 5.74) is 3.39. The lowest BCUT2D eigenvalue weighted by molar-refractivity contribution is 0.0926. The van der Waals surface area contributed by atoms with Gasteiger partial charge in [0, 0.05) is 0 Å². The van der Waals surface area contributed by atoms with Gasteiger partial charge >= 0.3 is 0 Å². The fourth-order valence-electron chi connectivity index (χ4n) is 3.91. The molecule has 0 N–H and O–H groups in total. The zero-order chi connectivity index (χ0) is 22.0. The van der Waals surface area contributed by atoms with E-state index in [1.165, 1.54) is 4.90 Å². The first kappa shape index (κ1) is 20.5. The molecule has 3 aromatic carbocycles. The van der Waals surface area contributed by atoms with Gasteiger partial charge in [-0.3, -0.25) is 9.59 Å². The lowest BCUT2D eigenvalue weighted by atomic mass is 10.0. The second-order valence-corrected chi connectivity index (χ2v) is 7.15. The molecule has 4 rings (SSSR count). The number of rotatable bonds is 7. The molecular formula is C25H23NO5. The van der Waals surface area contributed by atoms with E-state index in [0.29, 0.717) is 46.9 Å². The maximum Gasteiger partial charge on any atom is 0.266 e. The van der Waals surface area contributed by atoms with E-state index in [4.69, 9.17) is 14.2 Å². The zero-order valence-corrected chi connectivity index (χ0v) is 17.7. The number of nitrogens with zero attached hydrogens (tertiary/aromatic N) is 1. The lowest BCUT2D eigenvalue weighted by Crippen LogP contribution is -2.30. The number of hydrogen-bond acceptors (Lipinski definition) is 5. The molecule has 3 aromatic rings. The molecule has 0 spiro atoms. The van der Waals surface area contributed by atoms with Crippen LogP contribution in [0, 0.1) is 0 Å². The van der Waals surface area contributed by atoms with Crippen molar-refractivity contribution in [2.24, 2.45) is 0 Å². The van der Waals surface area contributed by atoms with E-state index >= 15 is 0 Å². The number of benzene rings is 3. The van der Waals surface area contributed by atoms with Crippen molar-refractivity contribution in [3.63, 3.8) is 0 Å². The maximum absolute atomic E-state index is 12.9. The Morgan fingerprint density at radius 2 is 1.26 bits per heavy atom. The minimum absolute atomic E-state index is 0.291. The van der Waals surface area contributed by atoms with Crippen LogP contribution in [0.3, 0.4) is 0 Å². The third kappa shape index (κ3) is 3.61. The molecule has 2 amide bonds. The average Bonchev–Trinajstić information content (AvgIpc) is 3.07. The van der Waals surface area contributed by atoms with Crippen molar-refractivity contribution < 1.29 is 23.8 Å². The third-order valence-corrected chi connectivity index (χ3v) is 5.43. The molecule has 0 unspecified atom stereocenters. The van der Waals surface area contributed by atoms with Crippen molar-refractivity contribution in [1.29, 1.82) is 0 Å². The number of ether oxygens (including phenoxy) is 3. The van der Waals surface area contributed by atoms with Crippen LogP contribution in [0.1, 0.15) is 31.8 Å². The van der Waals surface area contributed by atoms with E-state index in [0.717, 1.165) is 11.1 Å². The van der Waals surface area contributed by atoms with Crippen LogP contribution >= 0.6 is 0 Å².